The van der Waals surface area contributed by atoms with Gasteiger partial charge in [-0.1, -0.05) is 58.4 Å². The van der Waals surface area contributed by atoms with E-state index in [4.69, 9.17) is 0 Å². The van der Waals surface area contributed by atoms with Crippen LogP contribution in [-0.4, -0.2) is 6.04 Å². The molecule has 2 aromatic rings. The first-order chi connectivity index (χ1) is 10.1. The minimum Gasteiger partial charge on any atom is -0.307 e. The first-order valence-corrected chi connectivity index (χ1v) is 8.50. The van der Waals surface area contributed by atoms with Gasteiger partial charge in [-0.2, -0.15) is 0 Å². The summed E-state index contributed by atoms with van der Waals surface area (Å²) < 4.78 is 1.25. The third kappa shape index (κ3) is 3.22. The molecular formula is C19H22BrN. The van der Waals surface area contributed by atoms with Crippen molar-refractivity contribution in [1.82, 2.24) is 5.32 Å². The summed E-state index contributed by atoms with van der Waals surface area (Å²) in [7, 11) is 0. The Bertz CT molecular complexity index is 616. The van der Waals surface area contributed by atoms with Gasteiger partial charge in [0.2, 0.25) is 0 Å². The molecule has 1 saturated carbocycles. The molecule has 1 fully saturated rings. The minimum atomic E-state index is 0.427. The topological polar surface area (TPSA) is 12.0 Å². The van der Waals surface area contributed by atoms with Crippen LogP contribution < -0.4 is 5.32 Å². The molecule has 3 rings (SSSR count). The smallest absolute Gasteiger partial charge is 0.0296 e. The monoisotopic (exact) mass is 343 g/mol. The Hall–Kier alpha value is -1.12. The average molecular weight is 344 g/mol. The van der Waals surface area contributed by atoms with Gasteiger partial charge in [0.1, 0.15) is 0 Å². The molecule has 0 aliphatic heterocycles. The van der Waals surface area contributed by atoms with Crippen LogP contribution in [0.3, 0.4) is 0 Å². The lowest BCUT2D eigenvalue weighted by atomic mass is 9.75. The molecule has 1 atom stereocenters. The zero-order chi connectivity index (χ0) is 14.8. The van der Waals surface area contributed by atoms with Crippen LogP contribution in [0.15, 0.2) is 53.0 Å². The fraction of sp³-hybridized carbons (Fsp3) is 0.368. The Labute approximate surface area is 135 Å². The van der Waals surface area contributed by atoms with E-state index >= 15 is 0 Å². The highest BCUT2D eigenvalue weighted by Gasteiger charge is 2.32. The fourth-order valence-corrected chi connectivity index (χ4v) is 3.94. The van der Waals surface area contributed by atoms with E-state index in [1.807, 2.05) is 0 Å². The summed E-state index contributed by atoms with van der Waals surface area (Å²) in [6, 6.07) is 18.3. The van der Waals surface area contributed by atoms with Crippen LogP contribution in [0.4, 0.5) is 0 Å². The van der Waals surface area contributed by atoms with Crippen LogP contribution in [-0.2, 0) is 0 Å². The second-order valence-corrected chi connectivity index (χ2v) is 6.99. The quantitative estimate of drug-likeness (QED) is 0.788. The molecular weight excluding hydrogens is 322 g/mol. The lowest BCUT2D eigenvalue weighted by molar-refractivity contribution is 0.270. The molecule has 0 radical (unpaired) electrons. The summed E-state index contributed by atoms with van der Waals surface area (Å²) in [6.07, 6.45) is 2.47. The first-order valence-electron chi connectivity index (χ1n) is 7.71. The van der Waals surface area contributed by atoms with Gasteiger partial charge in [-0.05, 0) is 55.4 Å². The summed E-state index contributed by atoms with van der Waals surface area (Å²) in [5.41, 5.74) is 4.25. The van der Waals surface area contributed by atoms with Crippen molar-refractivity contribution in [2.24, 2.45) is 0 Å². The molecule has 21 heavy (non-hydrogen) atoms. The number of benzene rings is 2. The van der Waals surface area contributed by atoms with Crippen molar-refractivity contribution < 1.29 is 0 Å². The van der Waals surface area contributed by atoms with Crippen molar-refractivity contribution in [1.29, 1.82) is 0 Å². The summed E-state index contributed by atoms with van der Waals surface area (Å²) in [5.74, 6) is 0.696. The number of nitrogens with one attached hydrogen (secondary N) is 1. The summed E-state index contributed by atoms with van der Waals surface area (Å²) in [4.78, 5) is 0. The summed E-state index contributed by atoms with van der Waals surface area (Å²) >= 11 is 3.67. The second-order valence-electron chi connectivity index (χ2n) is 6.13. The molecule has 1 aliphatic carbocycles. The van der Waals surface area contributed by atoms with Gasteiger partial charge in [-0.25, -0.2) is 0 Å². The number of rotatable bonds is 4. The Kier molecular flexibility index (Phi) is 4.46. The fourth-order valence-electron chi connectivity index (χ4n) is 3.33. The van der Waals surface area contributed by atoms with Crippen LogP contribution in [0.2, 0.25) is 0 Å². The van der Waals surface area contributed by atoms with Gasteiger partial charge in [-0.3, -0.25) is 0 Å². The van der Waals surface area contributed by atoms with Crippen molar-refractivity contribution in [3.8, 4) is 0 Å². The van der Waals surface area contributed by atoms with Crippen molar-refractivity contribution in [2.45, 2.75) is 44.7 Å². The highest BCUT2D eigenvalue weighted by molar-refractivity contribution is 9.10. The maximum absolute atomic E-state index is 3.78. The predicted molar refractivity (Wildman–Crippen MR) is 92.6 cm³/mol. The zero-order valence-corrected chi connectivity index (χ0v) is 14.2. The Morgan fingerprint density at radius 2 is 1.71 bits per heavy atom. The van der Waals surface area contributed by atoms with Crippen LogP contribution in [0.1, 0.15) is 48.4 Å². The molecule has 0 spiro atoms. The van der Waals surface area contributed by atoms with Crippen molar-refractivity contribution in [3.05, 3.63) is 69.7 Å². The van der Waals surface area contributed by atoms with Crippen LogP contribution in [0, 0.1) is 6.92 Å². The molecule has 0 saturated heterocycles. The Morgan fingerprint density at radius 1 is 1.05 bits per heavy atom. The van der Waals surface area contributed by atoms with Gasteiger partial charge in [-0.15, -0.1) is 0 Å². The van der Waals surface area contributed by atoms with E-state index in [2.05, 4.69) is 83.6 Å². The highest BCUT2D eigenvalue weighted by Crippen LogP contribution is 2.40. The molecule has 2 aromatic carbocycles. The molecule has 0 bridgehead atoms. The summed E-state index contributed by atoms with van der Waals surface area (Å²) in [6.45, 7) is 4.46. The number of aryl methyl sites for hydroxylation is 1. The Balaban J connectivity index is 1.58. The number of hydrogen-bond donors (Lipinski definition) is 1. The molecule has 0 aromatic heterocycles. The molecule has 1 N–H and O–H groups in total. The molecule has 2 heteroatoms. The minimum absolute atomic E-state index is 0.427. The van der Waals surface area contributed by atoms with Gasteiger partial charge in [0, 0.05) is 16.6 Å². The standard InChI is InChI=1S/C19H22BrN/c1-13-7-3-4-8-17(13)14(2)21-16-11-15(12-16)18-9-5-6-10-19(18)20/h3-10,14-16,21H,11-12H2,1-2H3/t14-,15?,16?/m0/s1. The molecule has 0 unspecified atom stereocenters. The van der Waals surface area contributed by atoms with Crippen LogP contribution >= 0.6 is 15.9 Å². The summed E-state index contributed by atoms with van der Waals surface area (Å²) in [5, 5.41) is 3.78. The van der Waals surface area contributed by atoms with Crippen molar-refractivity contribution in [2.75, 3.05) is 0 Å². The predicted octanol–water partition coefficient (Wildman–Crippen LogP) is 5.35. The van der Waals surface area contributed by atoms with E-state index in [0.717, 1.165) is 0 Å². The maximum Gasteiger partial charge on any atom is 0.0296 e. The molecule has 0 amide bonds. The third-order valence-electron chi connectivity index (χ3n) is 4.62. The second kappa shape index (κ2) is 6.33. The van der Waals surface area contributed by atoms with Crippen LogP contribution in [0.5, 0.6) is 0 Å². The Morgan fingerprint density at radius 3 is 2.43 bits per heavy atom. The van der Waals surface area contributed by atoms with E-state index < -0.39 is 0 Å². The van der Waals surface area contributed by atoms with Gasteiger partial charge < -0.3 is 5.32 Å². The lowest BCUT2D eigenvalue weighted by Gasteiger charge is -2.39. The lowest BCUT2D eigenvalue weighted by Crippen LogP contribution is -2.41. The first kappa shape index (κ1) is 14.8. The normalized spacial score (nSPS) is 22.6. The van der Waals surface area contributed by atoms with E-state index in [9.17, 15) is 0 Å². The molecule has 110 valence electrons. The largest absolute Gasteiger partial charge is 0.307 e. The van der Waals surface area contributed by atoms with E-state index in [0.29, 0.717) is 18.0 Å². The van der Waals surface area contributed by atoms with E-state index in [-0.39, 0.29) is 0 Å². The average Bonchev–Trinajstić information content (AvgIpc) is 2.44. The van der Waals surface area contributed by atoms with Crippen molar-refractivity contribution >= 4 is 15.9 Å². The van der Waals surface area contributed by atoms with Gasteiger partial charge in [0.25, 0.3) is 0 Å². The van der Waals surface area contributed by atoms with Gasteiger partial charge in [0.05, 0.1) is 0 Å². The SMILES string of the molecule is Cc1ccccc1[C@H](C)NC1CC(c2ccccc2Br)C1. The molecule has 0 heterocycles. The van der Waals surface area contributed by atoms with Gasteiger partial charge in [0.15, 0.2) is 0 Å². The number of halogens is 1. The molecule has 1 aliphatic rings. The van der Waals surface area contributed by atoms with E-state index in [1.165, 1.54) is 34.0 Å². The number of hydrogen-bond acceptors (Lipinski definition) is 1. The highest BCUT2D eigenvalue weighted by atomic mass is 79.9. The third-order valence-corrected chi connectivity index (χ3v) is 5.35. The maximum atomic E-state index is 3.78. The van der Waals surface area contributed by atoms with Crippen molar-refractivity contribution in [3.63, 3.8) is 0 Å². The zero-order valence-electron chi connectivity index (χ0n) is 12.6. The van der Waals surface area contributed by atoms with E-state index in [1.54, 1.807) is 0 Å². The van der Waals surface area contributed by atoms with Gasteiger partial charge >= 0.3 is 0 Å². The molecule has 1 nitrogen and oxygen atoms in total. The van der Waals surface area contributed by atoms with Crippen LogP contribution in [0.25, 0.3) is 0 Å².